The van der Waals surface area contributed by atoms with Gasteiger partial charge in [-0.15, -0.1) is 0 Å². The van der Waals surface area contributed by atoms with Crippen LogP contribution in [-0.4, -0.2) is 39.2 Å². The van der Waals surface area contributed by atoms with E-state index in [0.717, 1.165) is 24.2 Å². The van der Waals surface area contributed by atoms with Gasteiger partial charge in [-0.2, -0.15) is 0 Å². The molecule has 0 atom stereocenters. The molecule has 2 aliphatic heterocycles. The number of imide groups is 1. The fourth-order valence-electron chi connectivity index (χ4n) is 2.94. The number of rotatable bonds is 0. The third-order valence-electron chi connectivity index (χ3n) is 3.74. The second kappa shape index (κ2) is 4.09. The van der Waals surface area contributed by atoms with Gasteiger partial charge in [-0.25, -0.2) is 0 Å². The van der Waals surface area contributed by atoms with E-state index in [1.54, 1.807) is 0 Å². The summed E-state index contributed by atoms with van der Waals surface area (Å²) in [5, 5.41) is 0. The molecule has 0 N–H and O–H groups in total. The largest absolute Gasteiger partial charge is 0.362 e. The van der Waals surface area contributed by atoms with E-state index in [1.165, 1.54) is 4.90 Å². The first-order valence-corrected chi connectivity index (χ1v) is 6.90. The average molecular weight is 264 g/mol. The molecule has 0 radical (unpaired) electrons. The maximum absolute atomic E-state index is 12.7. The second-order valence-electron chi connectivity index (χ2n) is 7.41. The summed E-state index contributed by atoms with van der Waals surface area (Å²) in [6, 6.07) is 0. The van der Waals surface area contributed by atoms with Crippen LogP contribution in [0.15, 0.2) is 11.3 Å². The highest BCUT2D eigenvalue weighted by molar-refractivity contribution is 6.09. The Morgan fingerprint density at radius 2 is 1.53 bits per heavy atom. The fourth-order valence-corrected chi connectivity index (χ4v) is 2.94. The fraction of sp³-hybridized carbons (Fsp3) is 0.733. The van der Waals surface area contributed by atoms with Gasteiger partial charge in [0.25, 0.3) is 5.91 Å². The Kier molecular flexibility index (Phi) is 3.03. The van der Waals surface area contributed by atoms with E-state index in [9.17, 15) is 9.59 Å². The summed E-state index contributed by atoms with van der Waals surface area (Å²) in [6.07, 6.45) is 1.23. The summed E-state index contributed by atoms with van der Waals surface area (Å²) in [4.78, 5) is 28.5. The van der Waals surface area contributed by atoms with Gasteiger partial charge in [0.2, 0.25) is 5.91 Å². The lowest BCUT2D eigenvalue weighted by molar-refractivity contribution is -0.150. The number of nitrogens with zero attached hydrogens (tertiary/aromatic N) is 2. The molecule has 4 heteroatoms. The van der Waals surface area contributed by atoms with Crippen LogP contribution < -0.4 is 0 Å². The van der Waals surface area contributed by atoms with E-state index in [-0.39, 0.29) is 17.4 Å². The van der Waals surface area contributed by atoms with E-state index in [2.05, 4.69) is 25.7 Å². The zero-order chi connectivity index (χ0) is 14.6. The van der Waals surface area contributed by atoms with Crippen molar-refractivity contribution in [2.24, 2.45) is 0 Å². The maximum atomic E-state index is 12.7. The molecule has 0 aromatic heterocycles. The van der Waals surface area contributed by atoms with Gasteiger partial charge in [-0.3, -0.25) is 14.5 Å². The van der Waals surface area contributed by atoms with Gasteiger partial charge in [0, 0.05) is 17.6 Å². The Morgan fingerprint density at radius 1 is 0.947 bits per heavy atom. The van der Waals surface area contributed by atoms with Gasteiger partial charge in [0.05, 0.1) is 6.42 Å². The minimum absolute atomic E-state index is 0.0630. The highest BCUT2D eigenvalue weighted by atomic mass is 16.2. The predicted molar refractivity (Wildman–Crippen MR) is 74.3 cm³/mol. The summed E-state index contributed by atoms with van der Waals surface area (Å²) in [5.41, 5.74) is 1.24. The van der Waals surface area contributed by atoms with Crippen molar-refractivity contribution in [3.05, 3.63) is 11.3 Å². The summed E-state index contributed by atoms with van der Waals surface area (Å²) >= 11 is 0. The highest BCUT2D eigenvalue weighted by Crippen LogP contribution is 2.37. The lowest BCUT2D eigenvalue weighted by atomic mass is 9.96. The van der Waals surface area contributed by atoms with Crippen molar-refractivity contribution in [3.63, 3.8) is 0 Å². The Balaban J connectivity index is 2.44. The molecule has 2 rings (SSSR count). The standard InChI is InChI=1S/C15H24N2O2/c1-14(2,3)16-8-7-10-9-11(18)17(15(4,5)6)13(19)12(10)16/h7-9H2,1-6H3. The van der Waals surface area contributed by atoms with Crippen molar-refractivity contribution in [1.29, 1.82) is 0 Å². The summed E-state index contributed by atoms with van der Waals surface area (Å²) in [7, 11) is 0. The van der Waals surface area contributed by atoms with Crippen molar-refractivity contribution in [3.8, 4) is 0 Å². The van der Waals surface area contributed by atoms with E-state index in [4.69, 9.17) is 0 Å². The molecule has 0 saturated carbocycles. The van der Waals surface area contributed by atoms with Gasteiger partial charge in [-0.05, 0) is 53.5 Å². The molecule has 0 aliphatic carbocycles. The molecule has 2 amide bonds. The molecular weight excluding hydrogens is 240 g/mol. The van der Waals surface area contributed by atoms with Crippen molar-refractivity contribution in [2.75, 3.05) is 6.54 Å². The van der Waals surface area contributed by atoms with Crippen LogP contribution in [0.2, 0.25) is 0 Å². The van der Waals surface area contributed by atoms with E-state index >= 15 is 0 Å². The third-order valence-corrected chi connectivity index (χ3v) is 3.74. The monoisotopic (exact) mass is 264 g/mol. The number of hydrogen-bond donors (Lipinski definition) is 0. The number of carbonyl (C=O) groups excluding carboxylic acids is 2. The molecular formula is C15H24N2O2. The summed E-state index contributed by atoms with van der Waals surface area (Å²) < 4.78 is 0. The molecule has 19 heavy (non-hydrogen) atoms. The van der Waals surface area contributed by atoms with Gasteiger partial charge >= 0.3 is 0 Å². The van der Waals surface area contributed by atoms with Crippen LogP contribution in [0.25, 0.3) is 0 Å². The van der Waals surface area contributed by atoms with Gasteiger partial charge in [-0.1, -0.05) is 0 Å². The number of carbonyl (C=O) groups is 2. The Morgan fingerprint density at radius 3 is 2.00 bits per heavy atom. The van der Waals surface area contributed by atoms with Crippen molar-refractivity contribution in [1.82, 2.24) is 9.80 Å². The van der Waals surface area contributed by atoms with Crippen LogP contribution in [-0.2, 0) is 9.59 Å². The van der Waals surface area contributed by atoms with Crippen molar-refractivity contribution in [2.45, 2.75) is 65.5 Å². The highest BCUT2D eigenvalue weighted by Gasteiger charge is 2.45. The maximum Gasteiger partial charge on any atom is 0.277 e. The van der Waals surface area contributed by atoms with Gasteiger partial charge in [0.15, 0.2) is 0 Å². The Labute approximate surface area is 115 Å². The van der Waals surface area contributed by atoms with E-state index in [1.807, 2.05) is 20.8 Å². The molecule has 0 unspecified atom stereocenters. The zero-order valence-corrected chi connectivity index (χ0v) is 12.8. The minimum Gasteiger partial charge on any atom is -0.362 e. The van der Waals surface area contributed by atoms with Gasteiger partial charge < -0.3 is 4.90 Å². The number of hydrogen-bond acceptors (Lipinski definition) is 3. The van der Waals surface area contributed by atoms with Crippen LogP contribution in [0.3, 0.4) is 0 Å². The third kappa shape index (κ3) is 2.28. The zero-order valence-electron chi connectivity index (χ0n) is 12.8. The normalized spacial score (nSPS) is 21.4. The lowest BCUT2D eigenvalue weighted by Crippen LogP contribution is -2.55. The first kappa shape index (κ1) is 14.1. The molecule has 0 aromatic rings. The van der Waals surface area contributed by atoms with Crippen LogP contribution in [0.4, 0.5) is 0 Å². The van der Waals surface area contributed by atoms with Crippen molar-refractivity contribution >= 4 is 11.8 Å². The van der Waals surface area contributed by atoms with Crippen LogP contribution >= 0.6 is 0 Å². The van der Waals surface area contributed by atoms with Crippen LogP contribution in [0.5, 0.6) is 0 Å². The van der Waals surface area contributed by atoms with E-state index < -0.39 is 5.54 Å². The lowest BCUT2D eigenvalue weighted by Gasteiger charge is -2.42. The van der Waals surface area contributed by atoms with Crippen molar-refractivity contribution < 1.29 is 9.59 Å². The van der Waals surface area contributed by atoms with E-state index in [0.29, 0.717) is 6.42 Å². The Hall–Kier alpha value is -1.32. The first-order chi connectivity index (χ1) is 8.53. The summed E-state index contributed by atoms with van der Waals surface area (Å²) in [6.45, 7) is 12.9. The molecule has 2 aliphatic rings. The molecule has 0 spiro atoms. The Bertz CT molecular complexity index is 464. The predicted octanol–water partition coefficient (Wildman–Crippen LogP) is 2.30. The molecule has 2 heterocycles. The minimum atomic E-state index is -0.459. The van der Waals surface area contributed by atoms with Gasteiger partial charge in [0.1, 0.15) is 5.70 Å². The molecule has 0 saturated heterocycles. The second-order valence-corrected chi connectivity index (χ2v) is 7.41. The smallest absolute Gasteiger partial charge is 0.277 e. The topological polar surface area (TPSA) is 40.6 Å². The summed E-state index contributed by atoms with van der Waals surface area (Å²) in [5.74, 6) is -0.182. The van der Waals surface area contributed by atoms with Crippen LogP contribution in [0.1, 0.15) is 54.4 Å². The number of amides is 2. The SMILES string of the molecule is CC(C)(C)N1CCC2=C1C(=O)N(C(C)(C)C)C(=O)C2. The first-order valence-electron chi connectivity index (χ1n) is 6.90. The molecule has 0 fully saturated rings. The quantitative estimate of drug-likeness (QED) is 0.630. The van der Waals surface area contributed by atoms with Crippen LogP contribution in [0, 0.1) is 0 Å². The molecule has 4 nitrogen and oxygen atoms in total. The molecule has 106 valence electrons. The molecule has 0 bridgehead atoms. The average Bonchev–Trinajstić information content (AvgIpc) is 2.57. The molecule has 0 aromatic carbocycles.